The van der Waals surface area contributed by atoms with E-state index in [1.54, 1.807) is 0 Å². The minimum Gasteiger partial charge on any atom is -0.462 e. The first-order valence-corrected chi connectivity index (χ1v) is 21.4. The third-order valence-corrected chi connectivity index (χ3v) is 9.90. The van der Waals surface area contributed by atoms with Crippen LogP contribution in [0.25, 0.3) is 0 Å². The van der Waals surface area contributed by atoms with E-state index in [-0.39, 0.29) is 31.1 Å². The molecule has 49 heavy (non-hydrogen) atoms. The van der Waals surface area contributed by atoms with E-state index in [0.29, 0.717) is 19.3 Å². The van der Waals surface area contributed by atoms with Gasteiger partial charge in [-0.3, -0.25) is 14.4 Å². The molecule has 0 aliphatic heterocycles. The summed E-state index contributed by atoms with van der Waals surface area (Å²) in [6, 6.07) is 0. The van der Waals surface area contributed by atoms with Crippen LogP contribution in [-0.2, 0) is 28.6 Å². The maximum Gasteiger partial charge on any atom is 0.306 e. The molecule has 0 saturated carbocycles. The molecule has 2 atom stereocenters. The standard InChI is InChI=1S/C43H82O6/c1-5-8-10-12-13-14-15-16-20-23-27-31-35-42(45)48-38-40(37-47-41(44)34-30-25-11-9-6-2)49-43(46)36-32-28-24-21-18-17-19-22-26-29-33-39(4)7-3/h39-40H,5-38H2,1-4H3/t39?,40-/m1/s1. The van der Waals surface area contributed by atoms with Crippen LogP contribution in [0.4, 0.5) is 0 Å². The third kappa shape index (κ3) is 36.0. The molecule has 0 aromatic carbocycles. The van der Waals surface area contributed by atoms with E-state index >= 15 is 0 Å². The van der Waals surface area contributed by atoms with E-state index in [1.165, 1.54) is 122 Å². The molecule has 0 fully saturated rings. The Kier molecular flexibility index (Phi) is 36.4. The van der Waals surface area contributed by atoms with E-state index in [9.17, 15) is 14.4 Å². The number of unbranched alkanes of at least 4 members (excludes halogenated alkanes) is 24. The fraction of sp³-hybridized carbons (Fsp3) is 0.930. The van der Waals surface area contributed by atoms with Crippen LogP contribution in [0.3, 0.4) is 0 Å². The average molecular weight is 695 g/mol. The van der Waals surface area contributed by atoms with Crippen molar-refractivity contribution in [2.24, 2.45) is 5.92 Å². The number of carbonyl (C=O) groups is 3. The number of esters is 3. The van der Waals surface area contributed by atoms with Gasteiger partial charge in [-0.15, -0.1) is 0 Å². The highest BCUT2D eigenvalue weighted by Gasteiger charge is 2.19. The summed E-state index contributed by atoms with van der Waals surface area (Å²) in [5.74, 6) is -0.00475. The molecule has 0 bridgehead atoms. The Hall–Kier alpha value is -1.59. The van der Waals surface area contributed by atoms with Gasteiger partial charge in [0.05, 0.1) is 0 Å². The first-order valence-electron chi connectivity index (χ1n) is 21.4. The average Bonchev–Trinajstić information content (AvgIpc) is 3.10. The van der Waals surface area contributed by atoms with Gasteiger partial charge in [0.1, 0.15) is 13.2 Å². The molecule has 0 heterocycles. The predicted octanol–water partition coefficient (Wildman–Crippen LogP) is 13.2. The van der Waals surface area contributed by atoms with E-state index in [1.807, 2.05) is 0 Å². The molecule has 290 valence electrons. The Morgan fingerprint density at radius 2 is 0.714 bits per heavy atom. The normalized spacial score (nSPS) is 12.5. The van der Waals surface area contributed by atoms with Crippen molar-refractivity contribution >= 4 is 17.9 Å². The summed E-state index contributed by atoms with van der Waals surface area (Å²) in [5.41, 5.74) is 0. The zero-order valence-corrected chi connectivity index (χ0v) is 33.1. The third-order valence-electron chi connectivity index (χ3n) is 9.90. The van der Waals surface area contributed by atoms with Gasteiger partial charge >= 0.3 is 17.9 Å². The molecule has 0 rings (SSSR count). The van der Waals surface area contributed by atoms with Crippen LogP contribution < -0.4 is 0 Å². The van der Waals surface area contributed by atoms with Crippen LogP contribution >= 0.6 is 0 Å². The van der Waals surface area contributed by atoms with Crippen molar-refractivity contribution in [1.29, 1.82) is 0 Å². The quantitative estimate of drug-likeness (QED) is 0.0364. The Morgan fingerprint density at radius 1 is 0.408 bits per heavy atom. The lowest BCUT2D eigenvalue weighted by Gasteiger charge is -2.18. The minimum absolute atomic E-state index is 0.0652. The van der Waals surface area contributed by atoms with Crippen LogP contribution in [0.1, 0.15) is 233 Å². The van der Waals surface area contributed by atoms with Crippen LogP contribution in [0.15, 0.2) is 0 Å². The highest BCUT2D eigenvalue weighted by molar-refractivity contribution is 5.71. The predicted molar refractivity (Wildman–Crippen MR) is 206 cm³/mol. The van der Waals surface area contributed by atoms with Crippen LogP contribution in [-0.4, -0.2) is 37.2 Å². The van der Waals surface area contributed by atoms with Crippen molar-refractivity contribution in [1.82, 2.24) is 0 Å². The highest BCUT2D eigenvalue weighted by Crippen LogP contribution is 2.16. The number of ether oxygens (including phenoxy) is 3. The summed E-state index contributed by atoms with van der Waals surface area (Å²) in [6.07, 6.45) is 35.3. The maximum atomic E-state index is 12.6. The van der Waals surface area contributed by atoms with Crippen molar-refractivity contribution in [3.05, 3.63) is 0 Å². The van der Waals surface area contributed by atoms with Gasteiger partial charge in [0.2, 0.25) is 0 Å². The minimum atomic E-state index is -0.757. The van der Waals surface area contributed by atoms with E-state index in [2.05, 4.69) is 27.7 Å². The Morgan fingerprint density at radius 3 is 1.06 bits per heavy atom. The highest BCUT2D eigenvalue weighted by atomic mass is 16.6. The molecule has 0 saturated heterocycles. The van der Waals surface area contributed by atoms with Crippen molar-refractivity contribution < 1.29 is 28.6 Å². The summed E-state index contributed by atoms with van der Waals surface area (Å²) >= 11 is 0. The molecular formula is C43H82O6. The molecule has 0 aliphatic carbocycles. The van der Waals surface area contributed by atoms with Gasteiger partial charge in [-0.25, -0.2) is 0 Å². The smallest absolute Gasteiger partial charge is 0.306 e. The summed E-state index contributed by atoms with van der Waals surface area (Å²) in [5, 5.41) is 0. The lowest BCUT2D eigenvalue weighted by atomic mass is 9.99. The van der Waals surface area contributed by atoms with Gasteiger partial charge < -0.3 is 14.2 Å². The second-order valence-electron chi connectivity index (χ2n) is 14.9. The fourth-order valence-electron chi connectivity index (χ4n) is 6.24. The molecule has 6 heteroatoms. The van der Waals surface area contributed by atoms with Crippen LogP contribution in [0.5, 0.6) is 0 Å². The summed E-state index contributed by atoms with van der Waals surface area (Å²) in [6.45, 7) is 8.92. The molecule has 0 aromatic heterocycles. The monoisotopic (exact) mass is 695 g/mol. The summed E-state index contributed by atoms with van der Waals surface area (Å²) < 4.78 is 16.6. The van der Waals surface area contributed by atoms with Crippen LogP contribution in [0, 0.1) is 5.92 Å². The van der Waals surface area contributed by atoms with Crippen molar-refractivity contribution in [2.45, 2.75) is 239 Å². The summed E-state index contributed by atoms with van der Waals surface area (Å²) in [7, 11) is 0. The lowest BCUT2D eigenvalue weighted by molar-refractivity contribution is -0.167. The first-order chi connectivity index (χ1) is 23.9. The van der Waals surface area contributed by atoms with E-state index < -0.39 is 6.10 Å². The molecule has 0 spiro atoms. The molecule has 1 unspecified atom stereocenters. The Balaban J connectivity index is 4.23. The molecule has 0 amide bonds. The Bertz CT molecular complexity index is 738. The molecular weight excluding hydrogens is 612 g/mol. The molecule has 0 aromatic rings. The van der Waals surface area contributed by atoms with E-state index in [0.717, 1.165) is 70.1 Å². The van der Waals surface area contributed by atoms with Gasteiger partial charge in [0, 0.05) is 19.3 Å². The summed E-state index contributed by atoms with van der Waals surface area (Å²) in [4.78, 5) is 37.4. The van der Waals surface area contributed by atoms with Crippen molar-refractivity contribution in [2.75, 3.05) is 13.2 Å². The van der Waals surface area contributed by atoms with Crippen molar-refractivity contribution in [3.8, 4) is 0 Å². The molecule has 6 nitrogen and oxygen atoms in total. The topological polar surface area (TPSA) is 78.9 Å². The SMILES string of the molecule is CCCCCCCCCCCCCCC(=O)OC[C@@H](COC(=O)CCCCCCC)OC(=O)CCCCCCCCCCCCC(C)CC. The zero-order valence-electron chi connectivity index (χ0n) is 33.1. The van der Waals surface area contributed by atoms with Gasteiger partial charge in [-0.05, 0) is 25.2 Å². The lowest BCUT2D eigenvalue weighted by Crippen LogP contribution is -2.30. The van der Waals surface area contributed by atoms with Gasteiger partial charge in [0.25, 0.3) is 0 Å². The Labute approximate surface area is 304 Å². The van der Waals surface area contributed by atoms with Gasteiger partial charge in [-0.1, -0.05) is 195 Å². The molecule has 0 radical (unpaired) electrons. The number of carbonyl (C=O) groups excluding carboxylic acids is 3. The van der Waals surface area contributed by atoms with Gasteiger partial charge in [0.15, 0.2) is 6.10 Å². The molecule has 0 N–H and O–H groups in total. The second kappa shape index (κ2) is 37.7. The van der Waals surface area contributed by atoms with Crippen LogP contribution in [0.2, 0.25) is 0 Å². The largest absolute Gasteiger partial charge is 0.462 e. The second-order valence-corrected chi connectivity index (χ2v) is 14.9. The molecule has 0 aliphatic rings. The number of hydrogen-bond acceptors (Lipinski definition) is 6. The fourth-order valence-corrected chi connectivity index (χ4v) is 6.24. The number of hydrogen-bond donors (Lipinski definition) is 0. The number of rotatable bonds is 38. The van der Waals surface area contributed by atoms with E-state index in [4.69, 9.17) is 14.2 Å². The van der Waals surface area contributed by atoms with Gasteiger partial charge in [-0.2, -0.15) is 0 Å². The zero-order chi connectivity index (χ0) is 36.0. The van der Waals surface area contributed by atoms with Crippen molar-refractivity contribution in [3.63, 3.8) is 0 Å². The maximum absolute atomic E-state index is 12.6. The first kappa shape index (κ1) is 47.4.